The van der Waals surface area contributed by atoms with Gasteiger partial charge in [0.2, 0.25) is 0 Å². The van der Waals surface area contributed by atoms with E-state index in [4.69, 9.17) is 0 Å². The van der Waals surface area contributed by atoms with Crippen LogP contribution < -0.4 is 10.6 Å². The normalized spacial score (nSPS) is 10.9. The third-order valence-electron chi connectivity index (χ3n) is 3.84. The van der Waals surface area contributed by atoms with E-state index in [0.717, 1.165) is 25.7 Å². The molecule has 0 aromatic heterocycles. The zero-order valence-corrected chi connectivity index (χ0v) is 15.6. The smallest absolute Gasteiger partial charge is 0.335 e. The number of unbranched alkanes of at least 4 members (excludes halogenated alkanes) is 10. The summed E-state index contributed by atoms with van der Waals surface area (Å²) >= 11 is 0. The number of nitrogens with zero attached hydrogens (tertiary/aromatic N) is 2. The van der Waals surface area contributed by atoms with Gasteiger partial charge in [-0.05, 0) is 12.8 Å². The number of carbonyl (C=O) groups excluding carboxylic acids is 2. The van der Waals surface area contributed by atoms with E-state index < -0.39 is 12.1 Å². The standard InChI is InChI=1S/C18H36N4O2/c1-3-5-7-9-11-13-15-19-17(23)21-22-18(24)20-16-14-12-10-8-6-4-2/h3-16H2,1-2H3,(H,19,23)(H,20,24)/b22-21+. The van der Waals surface area contributed by atoms with Gasteiger partial charge in [-0.25, -0.2) is 9.59 Å². The molecule has 0 aromatic carbocycles. The molecule has 24 heavy (non-hydrogen) atoms. The van der Waals surface area contributed by atoms with Gasteiger partial charge in [0.25, 0.3) is 0 Å². The second-order valence-corrected chi connectivity index (χ2v) is 6.20. The van der Waals surface area contributed by atoms with Crippen LogP contribution in [0, 0.1) is 0 Å². The van der Waals surface area contributed by atoms with Crippen LogP contribution in [-0.2, 0) is 0 Å². The van der Waals surface area contributed by atoms with Gasteiger partial charge in [0.15, 0.2) is 0 Å². The van der Waals surface area contributed by atoms with Gasteiger partial charge in [-0.3, -0.25) is 0 Å². The molecule has 0 spiro atoms. The van der Waals surface area contributed by atoms with Gasteiger partial charge < -0.3 is 10.6 Å². The lowest BCUT2D eigenvalue weighted by Crippen LogP contribution is -2.23. The summed E-state index contributed by atoms with van der Waals surface area (Å²) in [4.78, 5) is 22.8. The van der Waals surface area contributed by atoms with Gasteiger partial charge in [-0.15, -0.1) is 0 Å². The monoisotopic (exact) mass is 340 g/mol. The van der Waals surface area contributed by atoms with Crippen LogP contribution in [0.3, 0.4) is 0 Å². The first-order valence-corrected chi connectivity index (χ1v) is 9.68. The summed E-state index contributed by atoms with van der Waals surface area (Å²) in [7, 11) is 0. The summed E-state index contributed by atoms with van der Waals surface area (Å²) in [6.45, 7) is 5.55. The summed E-state index contributed by atoms with van der Waals surface area (Å²) in [5.41, 5.74) is 0. The van der Waals surface area contributed by atoms with Crippen LogP contribution in [0.5, 0.6) is 0 Å². The van der Waals surface area contributed by atoms with Crippen molar-refractivity contribution in [1.82, 2.24) is 10.6 Å². The van der Waals surface area contributed by atoms with Crippen LogP contribution in [0.25, 0.3) is 0 Å². The molecule has 0 bridgehead atoms. The molecule has 0 aliphatic rings. The maximum absolute atomic E-state index is 11.4. The van der Waals surface area contributed by atoms with E-state index in [1.54, 1.807) is 0 Å². The third-order valence-corrected chi connectivity index (χ3v) is 3.84. The quantitative estimate of drug-likeness (QED) is 0.319. The van der Waals surface area contributed by atoms with Gasteiger partial charge in [0.05, 0.1) is 0 Å². The second kappa shape index (κ2) is 17.9. The van der Waals surface area contributed by atoms with E-state index in [1.807, 2.05) is 0 Å². The molecule has 0 fully saturated rings. The molecule has 0 aliphatic heterocycles. The van der Waals surface area contributed by atoms with Crippen molar-refractivity contribution in [2.75, 3.05) is 13.1 Å². The highest BCUT2D eigenvalue weighted by Gasteiger charge is 2.01. The van der Waals surface area contributed by atoms with Gasteiger partial charge >= 0.3 is 12.1 Å². The van der Waals surface area contributed by atoms with Gasteiger partial charge in [0.1, 0.15) is 0 Å². The lowest BCUT2D eigenvalue weighted by molar-refractivity contribution is 0.241. The fraction of sp³-hybridized carbons (Fsp3) is 0.889. The summed E-state index contributed by atoms with van der Waals surface area (Å²) < 4.78 is 0. The van der Waals surface area contributed by atoms with Gasteiger partial charge in [0, 0.05) is 13.1 Å². The molecule has 0 unspecified atom stereocenters. The molecule has 4 amide bonds. The zero-order chi connectivity index (χ0) is 17.9. The molecule has 0 aliphatic carbocycles. The average Bonchev–Trinajstić information content (AvgIpc) is 2.58. The SMILES string of the molecule is CCCCCCCCNC(=O)/N=N/C(=O)NCCCCCCCC. The Labute approximate surface area is 147 Å². The Morgan fingerprint density at radius 3 is 1.29 bits per heavy atom. The lowest BCUT2D eigenvalue weighted by atomic mass is 10.1. The van der Waals surface area contributed by atoms with Crippen molar-refractivity contribution in [3.8, 4) is 0 Å². The summed E-state index contributed by atoms with van der Waals surface area (Å²) in [5.74, 6) is 0. The van der Waals surface area contributed by atoms with Crippen LogP contribution in [0.15, 0.2) is 10.2 Å². The Bertz CT molecular complexity index is 314. The number of carbonyl (C=O) groups is 2. The maximum atomic E-state index is 11.4. The first kappa shape index (κ1) is 22.5. The Balaban J connectivity index is 3.48. The number of azo groups is 1. The predicted octanol–water partition coefficient (Wildman–Crippen LogP) is 5.58. The maximum Gasteiger partial charge on any atom is 0.359 e. The molecule has 0 rings (SSSR count). The van der Waals surface area contributed by atoms with Crippen LogP contribution >= 0.6 is 0 Å². The minimum absolute atomic E-state index is 0.543. The molecule has 2 N–H and O–H groups in total. The highest BCUT2D eigenvalue weighted by atomic mass is 16.2. The minimum atomic E-state index is -0.543. The average molecular weight is 341 g/mol. The van der Waals surface area contributed by atoms with Crippen molar-refractivity contribution in [1.29, 1.82) is 0 Å². The number of hydrogen-bond acceptors (Lipinski definition) is 2. The highest BCUT2D eigenvalue weighted by Crippen LogP contribution is 2.04. The summed E-state index contributed by atoms with van der Waals surface area (Å²) in [5, 5.41) is 12.0. The van der Waals surface area contributed by atoms with Crippen molar-refractivity contribution >= 4 is 12.1 Å². The Morgan fingerprint density at radius 1 is 0.583 bits per heavy atom. The molecule has 6 nitrogen and oxygen atoms in total. The molecule has 0 saturated heterocycles. The molecular formula is C18H36N4O2. The first-order valence-electron chi connectivity index (χ1n) is 9.68. The molecule has 6 heteroatoms. The number of rotatable bonds is 14. The predicted molar refractivity (Wildman–Crippen MR) is 98.4 cm³/mol. The van der Waals surface area contributed by atoms with Crippen molar-refractivity contribution in [3.05, 3.63) is 0 Å². The number of amides is 4. The molecule has 0 heterocycles. The Hall–Kier alpha value is -1.46. The van der Waals surface area contributed by atoms with Crippen LogP contribution in [0.2, 0.25) is 0 Å². The number of urea groups is 2. The van der Waals surface area contributed by atoms with Crippen molar-refractivity contribution in [2.24, 2.45) is 10.2 Å². The second-order valence-electron chi connectivity index (χ2n) is 6.20. The third kappa shape index (κ3) is 16.9. The van der Waals surface area contributed by atoms with Crippen LogP contribution in [-0.4, -0.2) is 25.2 Å². The Morgan fingerprint density at radius 2 is 0.917 bits per heavy atom. The van der Waals surface area contributed by atoms with E-state index in [0.29, 0.717) is 13.1 Å². The van der Waals surface area contributed by atoms with Crippen LogP contribution in [0.4, 0.5) is 9.59 Å². The molecular weight excluding hydrogens is 304 g/mol. The fourth-order valence-corrected chi connectivity index (χ4v) is 2.36. The number of nitrogens with one attached hydrogen (secondary N) is 2. The topological polar surface area (TPSA) is 82.9 Å². The van der Waals surface area contributed by atoms with Gasteiger partial charge in [-0.1, -0.05) is 88.3 Å². The van der Waals surface area contributed by atoms with E-state index in [2.05, 4.69) is 34.7 Å². The molecule has 0 saturated carbocycles. The molecule has 0 aromatic rings. The summed E-state index contributed by atoms with van der Waals surface area (Å²) in [6.07, 6.45) is 14.0. The van der Waals surface area contributed by atoms with E-state index in [1.165, 1.54) is 51.4 Å². The van der Waals surface area contributed by atoms with Crippen molar-refractivity contribution < 1.29 is 9.59 Å². The number of hydrogen-bond donors (Lipinski definition) is 2. The Kier molecular flexibility index (Phi) is 16.8. The largest absolute Gasteiger partial charge is 0.359 e. The molecule has 0 atom stereocenters. The van der Waals surface area contributed by atoms with E-state index in [9.17, 15) is 9.59 Å². The van der Waals surface area contributed by atoms with Gasteiger partial charge in [-0.2, -0.15) is 0 Å². The van der Waals surface area contributed by atoms with E-state index in [-0.39, 0.29) is 0 Å². The molecule has 0 radical (unpaired) electrons. The van der Waals surface area contributed by atoms with Crippen LogP contribution in [0.1, 0.15) is 90.9 Å². The first-order chi connectivity index (χ1) is 11.7. The lowest BCUT2D eigenvalue weighted by Gasteiger charge is -2.02. The summed E-state index contributed by atoms with van der Waals surface area (Å²) in [6, 6.07) is -1.09. The van der Waals surface area contributed by atoms with Crippen molar-refractivity contribution in [2.45, 2.75) is 90.9 Å². The molecule has 140 valence electrons. The highest BCUT2D eigenvalue weighted by molar-refractivity contribution is 5.79. The fourth-order valence-electron chi connectivity index (χ4n) is 2.36. The van der Waals surface area contributed by atoms with Crippen molar-refractivity contribution in [3.63, 3.8) is 0 Å². The van der Waals surface area contributed by atoms with E-state index >= 15 is 0 Å². The minimum Gasteiger partial charge on any atom is -0.335 e. The zero-order valence-electron chi connectivity index (χ0n) is 15.6.